The number of hydrogen-bond acceptors (Lipinski definition) is 4. The lowest BCUT2D eigenvalue weighted by Gasteiger charge is -2.38. The van der Waals surface area contributed by atoms with Crippen LogP contribution < -0.4 is 4.74 Å². The van der Waals surface area contributed by atoms with E-state index in [1.165, 1.54) is 12.1 Å². The minimum atomic E-state index is -0.450. The van der Waals surface area contributed by atoms with Gasteiger partial charge in [0.2, 0.25) is 6.23 Å². The van der Waals surface area contributed by atoms with E-state index in [1.54, 1.807) is 24.3 Å². The zero-order chi connectivity index (χ0) is 18.4. The Morgan fingerprint density at radius 1 is 0.963 bits per heavy atom. The summed E-state index contributed by atoms with van der Waals surface area (Å²) in [7, 11) is 0. The third kappa shape index (κ3) is 2.63. The Morgan fingerprint density at radius 2 is 1.70 bits per heavy atom. The molecule has 0 fully saturated rings. The number of fused-ring (bicyclic) bond motifs is 3. The van der Waals surface area contributed by atoms with Crippen molar-refractivity contribution in [3.05, 3.63) is 95.3 Å². The Morgan fingerprint density at radius 3 is 2.52 bits per heavy atom. The quantitative estimate of drug-likeness (QED) is 0.716. The van der Waals surface area contributed by atoms with Crippen molar-refractivity contribution in [2.75, 3.05) is 0 Å². The van der Waals surface area contributed by atoms with Gasteiger partial charge >= 0.3 is 0 Å². The molecule has 3 aromatic rings. The maximum absolute atomic E-state index is 13.4. The highest BCUT2D eigenvalue weighted by molar-refractivity contribution is 6.04. The molecule has 0 unspecified atom stereocenters. The summed E-state index contributed by atoms with van der Waals surface area (Å²) in [6.07, 6.45) is 0.212. The van der Waals surface area contributed by atoms with Crippen molar-refractivity contribution in [3.63, 3.8) is 0 Å². The van der Waals surface area contributed by atoms with E-state index < -0.39 is 6.23 Å². The van der Waals surface area contributed by atoms with Crippen molar-refractivity contribution in [3.8, 4) is 11.5 Å². The second kappa shape index (κ2) is 6.13. The lowest BCUT2D eigenvalue weighted by Crippen LogP contribution is -2.33. The summed E-state index contributed by atoms with van der Waals surface area (Å²) in [5, 5.41) is 16.9. The number of hydrogen-bond donors (Lipinski definition) is 1. The van der Waals surface area contributed by atoms with E-state index in [9.17, 15) is 9.50 Å². The van der Waals surface area contributed by atoms with E-state index in [0.29, 0.717) is 6.42 Å². The second-order valence-corrected chi connectivity index (χ2v) is 6.72. The average Bonchev–Trinajstić information content (AvgIpc) is 3.14. The van der Waals surface area contributed by atoms with Crippen LogP contribution in [0.25, 0.3) is 0 Å². The number of hydrazone groups is 1. The van der Waals surface area contributed by atoms with Crippen molar-refractivity contribution in [2.24, 2.45) is 5.10 Å². The topological polar surface area (TPSA) is 45.1 Å². The summed E-state index contributed by atoms with van der Waals surface area (Å²) in [5.41, 5.74) is 3.43. The standard InChI is InChI=1S/C22H17FN2O2/c23-15-11-9-14(10-12-15)22-25-19(17-6-2-4-8-21(17)27-22)13-18(24-25)16-5-1-3-7-20(16)26/h1-12,19,22,26H,13H2/t19-,22-/m1/s1. The van der Waals surface area contributed by atoms with Crippen LogP contribution in [-0.4, -0.2) is 15.8 Å². The Bertz CT molecular complexity index is 1030. The van der Waals surface area contributed by atoms with Crippen molar-refractivity contribution in [1.82, 2.24) is 5.01 Å². The third-order valence-electron chi connectivity index (χ3n) is 5.07. The molecule has 0 aliphatic carbocycles. The smallest absolute Gasteiger partial charge is 0.213 e. The van der Waals surface area contributed by atoms with Gasteiger partial charge in [0, 0.05) is 23.1 Å². The Kier molecular flexibility index (Phi) is 3.60. The first-order valence-electron chi connectivity index (χ1n) is 8.86. The number of halogens is 1. The summed E-state index contributed by atoms with van der Waals surface area (Å²) >= 11 is 0. The maximum Gasteiger partial charge on any atom is 0.213 e. The Hall–Kier alpha value is -3.34. The van der Waals surface area contributed by atoms with Gasteiger partial charge in [-0.25, -0.2) is 9.40 Å². The van der Waals surface area contributed by atoms with Gasteiger partial charge in [0.05, 0.1) is 11.8 Å². The van der Waals surface area contributed by atoms with Crippen LogP contribution in [0.5, 0.6) is 11.5 Å². The fourth-order valence-electron chi connectivity index (χ4n) is 3.76. The largest absolute Gasteiger partial charge is 0.507 e. The fraction of sp³-hybridized carbons (Fsp3) is 0.136. The molecule has 5 rings (SSSR count). The summed E-state index contributed by atoms with van der Waals surface area (Å²) in [5.74, 6) is 0.733. The van der Waals surface area contributed by atoms with E-state index in [0.717, 1.165) is 28.2 Å². The highest BCUT2D eigenvalue weighted by Gasteiger charge is 2.41. The molecule has 3 aromatic carbocycles. The molecule has 2 aliphatic rings. The van der Waals surface area contributed by atoms with Crippen molar-refractivity contribution in [2.45, 2.75) is 18.7 Å². The molecular formula is C22H17FN2O2. The van der Waals surface area contributed by atoms with E-state index in [2.05, 4.69) is 0 Å². The van der Waals surface area contributed by atoms with Gasteiger partial charge in [0.25, 0.3) is 0 Å². The molecular weight excluding hydrogens is 343 g/mol. The number of rotatable bonds is 2. The van der Waals surface area contributed by atoms with E-state index >= 15 is 0 Å². The van der Waals surface area contributed by atoms with Crippen molar-refractivity contribution < 1.29 is 14.2 Å². The van der Waals surface area contributed by atoms with Gasteiger partial charge in [0.15, 0.2) is 0 Å². The SMILES string of the molecule is Oc1ccccc1C1=NN2[C@H](C1)c1ccccc1O[C@@H]2c1ccc(F)cc1. The molecule has 0 bridgehead atoms. The molecule has 5 heteroatoms. The van der Waals surface area contributed by atoms with Gasteiger partial charge in [-0.3, -0.25) is 0 Å². The van der Waals surface area contributed by atoms with Gasteiger partial charge in [0.1, 0.15) is 17.3 Å². The number of benzene rings is 3. The lowest BCUT2D eigenvalue weighted by atomic mass is 9.95. The van der Waals surface area contributed by atoms with Gasteiger partial charge < -0.3 is 9.84 Å². The zero-order valence-corrected chi connectivity index (χ0v) is 14.4. The highest BCUT2D eigenvalue weighted by atomic mass is 19.1. The number of para-hydroxylation sites is 2. The van der Waals surface area contributed by atoms with Crippen molar-refractivity contribution >= 4 is 5.71 Å². The minimum Gasteiger partial charge on any atom is -0.507 e. The first kappa shape index (κ1) is 15.9. The third-order valence-corrected chi connectivity index (χ3v) is 5.07. The Balaban J connectivity index is 1.61. The van der Waals surface area contributed by atoms with Gasteiger partial charge in [-0.2, -0.15) is 5.10 Å². The van der Waals surface area contributed by atoms with Crippen LogP contribution in [-0.2, 0) is 0 Å². The first-order valence-corrected chi connectivity index (χ1v) is 8.86. The summed E-state index contributed by atoms with van der Waals surface area (Å²) in [6.45, 7) is 0. The zero-order valence-electron chi connectivity index (χ0n) is 14.4. The van der Waals surface area contributed by atoms with Crippen LogP contribution >= 0.6 is 0 Å². The first-order chi connectivity index (χ1) is 13.2. The second-order valence-electron chi connectivity index (χ2n) is 6.72. The number of nitrogens with zero attached hydrogens (tertiary/aromatic N) is 2. The molecule has 27 heavy (non-hydrogen) atoms. The van der Waals surface area contributed by atoms with Crippen LogP contribution in [0.4, 0.5) is 4.39 Å². The number of phenols is 1. The van der Waals surface area contributed by atoms with E-state index in [-0.39, 0.29) is 17.6 Å². The molecule has 2 aliphatic heterocycles. The number of ether oxygens (including phenoxy) is 1. The van der Waals surface area contributed by atoms with Crippen molar-refractivity contribution in [1.29, 1.82) is 0 Å². The molecule has 0 spiro atoms. The number of phenolic OH excluding ortho intramolecular Hbond substituents is 1. The normalized spacial score (nSPS) is 20.5. The molecule has 0 saturated carbocycles. The van der Waals surface area contributed by atoms with Crippen LogP contribution in [0.1, 0.15) is 35.4 Å². The predicted octanol–water partition coefficient (Wildman–Crippen LogP) is 4.77. The molecule has 134 valence electrons. The van der Waals surface area contributed by atoms with Gasteiger partial charge in [-0.1, -0.05) is 42.5 Å². The molecule has 2 heterocycles. The fourth-order valence-corrected chi connectivity index (χ4v) is 3.76. The summed E-state index contributed by atoms with van der Waals surface area (Å²) in [4.78, 5) is 0. The molecule has 0 saturated heterocycles. The summed E-state index contributed by atoms with van der Waals surface area (Å²) < 4.78 is 19.6. The Labute approximate surface area is 156 Å². The predicted molar refractivity (Wildman–Crippen MR) is 100 cm³/mol. The van der Waals surface area contributed by atoms with Gasteiger partial charge in [-0.15, -0.1) is 0 Å². The monoisotopic (exact) mass is 360 g/mol. The van der Waals surface area contributed by atoms with Crippen LogP contribution in [0, 0.1) is 5.82 Å². The number of aromatic hydroxyl groups is 1. The molecule has 0 radical (unpaired) electrons. The minimum absolute atomic E-state index is 0.000362. The van der Waals surface area contributed by atoms with Gasteiger partial charge in [-0.05, 0) is 30.3 Å². The summed E-state index contributed by atoms with van der Waals surface area (Å²) in [6, 6.07) is 21.4. The molecule has 0 amide bonds. The molecule has 1 N–H and O–H groups in total. The van der Waals surface area contributed by atoms with Crippen LogP contribution in [0.2, 0.25) is 0 Å². The molecule has 0 aromatic heterocycles. The molecule has 4 nitrogen and oxygen atoms in total. The maximum atomic E-state index is 13.4. The average molecular weight is 360 g/mol. The van der Waals surface area contributed by atoms with E-state index in [4.69, 9.17) is 9.84 Å². The van der Waals surface area contributed by atoms with E-state index in [1.807, 2.05) is 41.4 Å². The molecule has 2 atom stereocenters. The van der Waals surface area contributed by atoms with Crippen LogP contribution in [0.15, 0.2) is 77.9 Å². The lowest BCUT2D eigenvalue weighted by molar-refractivity contribution is -0.0190. The highest BCUT2D eigenvalue weighted by Crippen LogP contribution is 2.47. The van der Waals surface area contributed by atoms with Crippen LogP contribution in [0.3, 0.4) is 0 Å².